The van der Waals surface area contributed by atoms with Crippen LogP contribution in [0.3, 0.4) is 0 Å². The molecule has 30 heavy (non-hydrogen) atoms. The summed E-state index contributed by atoms with van der Waals surface area (Å²) in [6, 6.07) is 23.7. The molecule has 1 unspecified atom stereocenters. The van der Waals surface area contributed by atoms with Crippen molar-refractivity contribution in [2.75, 3.05) is 19.0 Å². The van der Waals surface area contributed by atoms with Gasteiger partial charge in [0.25, 0.3) is 5.91 Å². The number of benzene rings is 3. The van der Waals surface area contributed by atoms with E-state index in [1.54, 1.807) is 5.01 Å². The highest BCUT2D eigenvalue weighted by atomic mass is 79.9. The first-order valence-electron chi connectivity index (χ1n) is 9.63. The number of anilines is 1. The van der Waals surface area contributed by atoms with Crippen LogP contribution in [0, 0.1) is 0 Å². The number of carbonyl (C=O) groups excluding carboxylic acids is 1. The molecule has 1 heterocycles. The van der Waals surface area contributed by atoms with Crippen molar-refractivity contribution in [1.82, 2.24) is 5.01 Å². The van der Waals surface area contributed by atoms with Crippen LogP contribution in [0.4, 0.5) is 5.69 Å². The Morgan fingerprint density at radius 1 is 0.967 bits per heavy atom. The van der Waals surface area contributed by atoms with Crippen LogP contribution in [0.25, 0.3) is 0 Å². The van der Waals surface area contributed by atoms with Gasteiger partial charge in [0.2, 0.25) is 0 Å². The second-order valence-corrected chi connectivity index (χ2v) is 9.16. The zero-order chi connectivity index (χ0) is 21.3. The molecule has 1 aliphatic rings. The van der Waals surface area contributed by atoms with Crippen LogP contribution >= 0.6 is 31.9 Å². The van der Waals surface area contributed by atoms with Gasteiger partial charge in [0.15, 0.2) is 0 Å². The van der Waals surface area contributed by atoms with Crippen molar-refractivity contribution in [2.45, 2.75) is 12.5 Å². The fourth-order valence-corrected chi connectivity index (χ4v) is 4.25. The Balaban J connectivity index is 1.72. The molecule has 4 nitrogen and oxygen atoms in total. The molecule has 152 valence electrons. The largest absolute Gasteiger partial charge is 0.378 e. The van der Waals surface area contributed by atoms with Gasteiger partial charge in [-0.15, -0.1) is 0 Å². The molecule has 0 saturated heterocycles. The van der Waals surface area contributed by atoms with E-state index in [-0.39, 0.29) is 11.9 Å². The smallest absolute Gasteiger partial charge is 0.275 e. The molecule has 0 fully saturated rings. The van der Waals surface area contributed by atoms with E-state index in [9.17, 15) is 4.79 Å². The number of rotatable bonds is 4. The standard InChI is InChI=1S/C24H21Br2N3O/c1-28(2)19-13-9-16(10-14-19)22-15-23(17-7-11-18(25)12-8-17)29(27-22)24(30)20-5-3-4-6-21(20)26/h3-14,23H,15H2,1-2H3. The molecule has 0 N–H and O–H groups in total. The van der Waals surface area contributed by atoms with E-state index in [0.29, 0.717) is 12.0 Å². The van der Waals surface area contributed by atoms with Crippen molar-refractivity contribution < 1.29 is 4.79 Å². The second-order valence-electron chi connectivity index (χ2n) is 7.39. The maximum atomic E-state index is 13.4. The summed E-state index contributed by atoms with van der Waals surface area (Å²) >= 11 is 7.00. The topological polar surface area (TPSA) is 35.9 Å². The molecule has 0 saturated carbocycles. The first-order chi connectivity index (χ1) is 14.4. The highest BCUT2D eigenvalue weighted by molar-refractivity contribution is 9.10. The van der Waals surface area contributed by atoms with Crippen LogP contribution in [-0.2, 0) is 0 Å². The summed E-state index contributed by atoms with van der Waals surface area (Å²) in [5, 5.41) is 6.41. The van der Waals surface area contributed by atoms with Crippen molar-refractivity contribution in [2.24, 2.45) is 5.10 Å². The summed E-state index contributed by atoms with van der Waals surface area (Å²) < 4.78 is 1.77. The first-order valence-corrected chi connectivity index (χ1v) is 11.2. The molecule has 4 rings (SSSR count). The molecular weight excluding hydrogens is 506 g/mol. The zero-order valence-electron chi connectivity index (χ0n) is 16.7. The van der Waals surface area contributed by atoms with Gasteiger partial charge in [-0.1, -0.05) is 52.3 Å². The summed E-state index contributed by atoms with van der Waals surface area (Å²) in [5.41, 5.74) is 4.73. The number of halogens is 2. The van der Waals surface area contributed by atoms with E-state index >= 15 is 0 Å². The molecular formula is C24H21Br2N3O. The van der Waals surface area contributed by atoms with E-state index in [0.717, 1.165) is 31.5 Å². The third-order valence-corrected chi connectivity index (χ3v) is 6.41. The molecule has 0 bridgehead atoms. The Kier molecular flexibility index (Phi) is 6.06. The SMILES string of the molecule is CN(C)c1ccc(C2=NN(C(=O)c3ccccc3Br)C(c3ccc(Br)cc3)C2)cc1. The lowest BCUT2D eigenvalue weighted by Crippen LogP contribution is -2.27. The van der Waals surface area contributed by atoms with E-state index in [2.05, 4.69) is 61.0 Å². The summed E-state index contributed by atoms with van der Waals surface area (Å²) in [5.74, 6) is -0.115. The van der Waals surface area contributed by atoms with Crippen molar-refractivity contribution in [3.8, 4) is 0 Å². The highest BCUT2D eigenvalue weighted by Gasteiger charge is 2.34. The Labute approximate surface area is 193 Å². The molecule has 0 aromatic heterocycles. The third kappa shape index (κ3) is 4.20. The number of hydrazone groups is 1. The van der Waals surface area contributed by atoms with Crippen molar-refractivity contribution in [3.63, 3.8) is 0 Å². The van der Waals surface area contributed by atoms with Gasteiger partial charge in [-0.2, -0.15) is 5.10 Å². The summed E-state index contributed by atoms with van der Waals surface area (Å²) in [7, 11) is 4.04. The maximum Gasteiger partial charge on any atom is 0.275 e. The molecule has 0 radical (unpaired) electrons. The van der Waals surface area contributed by atoms with E-state index in [1.807, 2.05) is 62.6 Å². The van der Waals surface area contributed by atoms with E-state index < -0.39 is 0 Å². The average molecular weight is 527 g/mol. The van der Waals surface area contributed by atoms with E-state index in [1.165, 1.54) is 0 Å². The number of carbonyl (C=O) groups is 1. The predicted octanol–water partition coefficient (Wildman–Crippen LogP) is 6.27. The van der Waals surface area contributed by atoms with Crippen LogP contribution in [0.15, 0.2) is 86.8 Å². The van der Waals surface area contributed by atoms with Gasteiger partial charge < -0.3 is 4.90 Å². The number of nitrogens with zero attached hydrogens (tertiary/aromatic N) is 3. The number of hydrogen-bond donors (Lipinski definition) is 0. The summed E-state index contributed by atoms with van der Waals surface area (Å²) in [4.78, 5) is 15.5. The minimum absolute atomic E-state index is 0.115. The highest BCUT2D eigenvalue weighted by Crippen LogP contribution is 2.35. The van der Waals surface area contributed by atoms with Crippen LogP contribution in [0.2, 0.25) is 0 Å². The molecule has 1 atom stereocenters. The van der Waals surface area contributed by atoms with Crippen LogP contribution in [-0.4, -0.2) is 30.7 Å². The summed E-state index contributed by atoms with van der Waals surface area (Å²) in [6.07, 6.45) is 0.666. The zero-order valence-corrected chi connectivity index (χ0v) is 19.9. The van der Waals surface area contributed by atoms with Crippen molar-refractivity contribution in [1.29, 1.82) is 0 Å². The lowest BCUT2D eigenvalue weighted by atomic mass is 9.98. The fourth-order valence-electron chi connectivity index (χ4n) is 3.53. The van der Waals surface area contributed by atoms with Crippen LogP contribution < -0.4 is 4.90 Å². The van der Waals surface area contributed by atoms with Crippen LogP contribution in [0.5, 0.6) is 0 Å². The van der Waals surface area contributed by atoms with Crippen molar-refractivity contribution >= 4 is 49.2 Å². The minimum atomic E-state index is -0.152. The quantitative estimate of drug-likeness (QED) is 0.401. The normalized spacial score (nSPS) is 15.8. The molecule has 0 spiro atoms. The number of hydrogen-bond acceptors (Lipinski definition) is 3. The molecule has 3 aromatic carbocycles. The average Bonchev–Trinajstić information content (AvgIpc) is 3.19. The Morgan fingerprint density at radius 2 is 1.63 bits per heavy atom. The van der Waals surface area contributed by atoms with Gasteiger partial charge in [-0.25, -0.2) is 5.01 Å². The molecule has 0 aliphatic carbocycles. The number of amides is 1. The van der Waals surface area contributed by atoms with Gasteiger partial charge >= 0.3 is 0 Å². The van der Waals surface area contributed by atoms with Crippen molar-refractivity contribution in [3.05, 3.63) is 98.4 Å². The van der Waals surface area contributed by atoms with Gasteiger partial charge in [-0.05, 0) is 63.5 Å². The van der Waals surface area contributed by atoms with Gasteiger partial charge in [-0.3, -0.25) is 4.79 Å². The Hall–Kier alpha value is -2.44. The Bertz CT molecular complexity index is 1090. The van der Waals surface area contributed by atoms with Gasteiger partial charge in [0.05, 0.1) is 17.3 Å². The first kappa shape index (κ1) is 20.8. The molecule has 6 heteroatoms. The fraction of sp³-hybridized carbons (Fsp3) is 0.167. The van der Waals surface area contributed by atoms with Gasteiger partial charge in [0.1, 0.15) is 0 Å². The monoisotopic (exact) mass is 525 g/mol. The minimum Gasteiger partial charge on any atom is -0.378 e. The van der Waals surface area contributed by atoms with Crippen LogP contribution in [0.1, 0.15) is 33.9 Å². The molecule has 1 amide bonds. The lowest BCUT2D eigenvalue weighted by molar-refractivity contribution is 0.0710. The lowest BCUT2D eigenvalue weighted by Gasteiger charge is -2.22. The summed E-state index contributed by atoms with van der Waals surface area (Å²) in [6.45, 7) is 0. The molecule has 1 aliphatic heterocycles. The predicted molar refractivity (Wildman–Crippen MR) is 129 cm³/mol. The maximum absolute atomic E-state index is 13.4. The molecule has 3 aromatic rings. The second kappa shape index (κ2) is 8.74. The Morgan fingerprint density at radius 3 is 2.27 bits per heavy atom. The third-order valence-electron chi connectivity index (χ3n) is 5.19. The van der Waals surface area contributed by atoms with Gasteiger partial charge in [0, 0.05) is 35.1 Å². The van der Waals surface area contributed by atoms with E-state index in [4.69, 9.17) is 5.10 Å².